The second-order valence-corrected chi connectivity index (χ2v) is 3.85. The summed E-state index contributed by atoms with van der Waals surface area (Å²) < 4.78 is 31.6. The lowest BCUT2D eigenvalue weighted by molar-refractivity contribution is 0.0165. The molecule has 0 amide bonds. The Morgan fingerprint density at radius 2 is 2.64 bits per heavy atom. The largest absolute Gasteiger partial charge is 0.474 e. The Kier molecular flexibility index (Phi) is 2.53. The van der Waals surface area contributed by atoms with E-state index < -0.39 is 11.1 Å². The van der Waals surface area contributed by atoms with Crippen LogP contribution < -0.4 is 4.74 Å². The van der Waals surface area contributed by atoms with Crippen LogP contribution in [-0.4, -0.2) is 38.4 Å². The molecule has 1 aliphatic heterocycles. The van der Waals surface area contributed by atoms with Crippen molar-refractivity contribution in [3.8, 4) is 5.88 Å². The third-order valence-corrected chi connectivity index (χ3v) is 2.72. The molecule has 2 atom stereocenters. The van der Waals surface area contributed by atoms with E-state index >= 15 is 0 Å². The Balaban J connectivity index is 2.29. The summed E-state index contributed by atoms with van der Waals surface area (Å²) in [6, 6.07) is 0. The van der Waals surface area contributed by atoms with Crippen LogP contribution in [0.15, 0.2) is 11.1 Å². The minimum Gasteiger partial charge on any atom is -0.474 e. The normalized spacial score (nSPS) is 22.6. The second kappa shape index (κ2) is 3.68. The molecule has 0 aromatic carbocycles. The smallest absolute Gasteiger partial charge is 0.231 e. The summed E-state index contributed by atoms with van der Waals surface area (Å²) in [6.07, 6.45) is 1.28. The Hall–Kier alpha value is -0.920. The van der Waals surface area contributed by atoms with Crippen molar-refractivity contribution in [3.05, 3.63) is 6.20 Å². The molecular formula is C7H10N2O4S. The third kappa shape index (κ3) is 1.54. The van der Waals surface area contributed by atoms with E-state index in [1.165, 1.54) is 10.9 Å². The molecule has 1 aromatic rings. The Morgan fingerprint density at radius 1 is 1.86 bits per heavy atom. The third-order valence-electron chi connectivity index (χ3n) is 2.06. The van der Waals surface area contributed by atoms with Crippen LogP contribution in [0.5, 0.6) is 5.88 Å². The highest BCUT2D eigenvalue weighted by atomic mass is 32.2. The molecule has 0 saturated carbocycles. The summed E-state index contributed by atoms with van der Waals surface area (Å²) in [4.78, 5) is 0.208. The molecule has 1 aliphatic rings. The average molecular weight is 218 g/mol. The molecule has 14 heavy (non-hydrogen) atoms. The first-order valence-corrected chi connectivity index (χ1v) is 5.15. The summed E-state index contributed by atoms with van der Waals surface area (Å²) in [5.41, 5.74) is 0. The first-order chi connectivity index (χ1) is 6.72. The van der Waals surface area contributed by atoms with E-state index in [2.05, 4.69) is 5.10 Å². The number of hydrogen-bond acceptors (Lipinski definition) is 4. The molecule has 1 unspecified atom stereocenters. The highest BCUT2D eigenvalue weighted by Crippen LogP contribution is 2.25. The zero-order valence-corrected chi connectivity index (χ0v) is 8.36. The highest BCUT2D eigenvalue weighted by Gasteiger charge is 2.25. The van der Waals surface area contributed by atoms with Crippen molar-refractivity contribution in [2.45, 2.75) is 17.5 Å². The van der Waals surface area contributed by atoms with Crippen molar-refractivity contribution in [2.75, 3.05) is 13.7 Å². The van der Waals surface area contributed by atoms with Crippen LogP contribution in [0.2, 0.25) is 0 Å². The van der Waals surface area contributed by atoms with E-state index in [1.54, 1.807) is 7.11 Å². The second-order valence-electron chi connectivity index (χ2n) is 2.91. The van der Waals surface area contributed by atoms with E-state index in [4.69, 9.17) is 14.0 Å². The quantitative estimate of drug-likeness (QED) is 0.700. The van der Waals surface area contributed by atoms with E-state index in [1.807, 2.05) is 0 Å². The molecule has 0 spiro atoms. The molecule has 78 valence electrons. The molecule has 1 N–H and O–H groups in total. The van der Waals surface area contributed by atoms with Gasteiger partial charge in [-0.2, -0.15) is 5.10 Å². The van der Waals surface area contributed by atoms with Gasteiger partial charge in [0.15, 0.2) is 11.1 Å². The number of hydrogen-bond donors (Lipinski definition) is 1. The first-order valence-electron chi connectivity index (χ1n) is 4.04. The van der Waals surface area contributed by atoms with Crippen molar-refractivity contribution in [2.24, 2.45) is 0 Å². The Bertz CT molecular complexity index is 365. The van der Waals surface area contributed by atoms with Gasteiger partial charge in [-0.25, -0.2) is 8.89 Å². The van der Waals surface area contributed by atoms with Gasteiger partial charge in [0.25, 0.3) is 0 Å². The predicted octanol–water partition coefficient (Wildman–Crippen LogP) is -0.129. The SMILES string of the molecule is CO[C@@H]1COc2c(S(=O)O)cnn2C1. The fourth-order valence-electron chi connectivity index (χ4n) is 1.31. The molecule has 2 rings (SSSR count). The van der Waals surface area contributed by atoms with Crippen LogP contribution in [0.4, 0.5) is 0 Å². The van der Waals surface area contributed by atoms with Gasteiger partial charge >= 0.3 is 0 Å². The molecule has 1 aromatic heterocycles. The van der Waals surface area contributed by atoms with Crippen molar-refractivity contribution in [3.63, 3.8) is 0 Å². The topological polar surface area (TPSA) is 73.6 Å². The zero-order chi connectivity index (χ0) is 10.1. The number of fused-ring (bicyclic) bond motifs is 1. The molecule has 7 heteroatoms. The molecule has 0 aliphatic carbocycles. The van der Waals surface area contributed by atoms with Crippen molar-refractivity contribution in [1.82, 2.24) is 9.78 Å². The molecule has 0 saturated heterocycles. The first kappa shape index (κ1) is 9.63. The fraction of sp³-hybridized carbons (Fsp3) is 0.571. The molecule has 0 bridgehead atoms. The minimum atomic E-state index is -2.05. The lowest BCUT2D eigenvalue weighted by atomic mass is 10.3. The molecule has 0 fully saturated rings. The summed E-state index contributed by atoms with van der Waals surface area (Å²) in [7, 11) is 1.59. The summed E-state index contributed by atoms with van der Waals surface area (Å²) in [5.74, 6) is 0.360. The van der Waals surface area contributed by atoms with Gasteiger partial charge < -0.3 is 14.0 Å². The van der Waals surface area contributed by atoms with Crippen molar-refractivity contribution < 1.29 is 18.2 Å². The summed E-state index contributed by atoms with van der Waals surface area (Å²) >= 11 is -2.05. The molecule has 2 heterocycles. The van der Waals surface area contributed by atoms with Crippen molar-refractivity contribution in [1.29, 1.82) is 0 Å². The summed E-state index contributed by atoms with van der Waals surface area (Å²) in [6.45, 7) is 0.926. The standard InChI is InChI=1S/C7H10N2O4S/c1-12-5-3-9-7(13-4-5)6(2-8-9)14(10)11/h2,5H,3-4H2,1H3,(H,10,11)/t5-/m0/s1. The van der Waals surface area contributed by atoms with Gasteiger partial charge in [0, 0.05) is 7.11 Å². The Labute approximate surface area is 83.1 Å². The number of nitrogens with zero attached hydrogens (tertiary/aromatic N) is 2. The monoisotopic (exact) mass is 218 g/mol. The number of ether oxygens (including phenoxy) is 2. The highest BCUT2D eigenvalue weighted by molar-refractivity contribution is 7.79. The zero-order valence-electron chi connectivity index (χ0n) is 7.54. The van der Waals surface area contributed by atoms with Gasteiger partial charge in [0.2, 0.25) is 5.88 Å². The predicted molar refractivity (Wildman–Crippen MR) is 47.6 cm³/mol. The van der Waals surface area contributed by atoms with Gasteiger partial charge in [0.1, 0.15) is 17.6 Å². The van der Waals surface area contributed by atoms with Gasteiger partial charge in [-0.1, -0.05) is 0 Å². The van der Waals surface area contributed by atoms with E-state index in [9.17, 15) is 4.21 Å². The van der Waals surface area contributed by atoms with Crippen LogP contribution in [0.1, 0.15) is 0 Å². The molecular weight excluding hydrogens is 208 g/mol. The minimum absolute atomic E-state index is 0.0534. The number of methoxy groups -OCH3 is 1. The van der Waals surface area contributed by atoms with E-state index in [0.717, 1.165) is 0 Å². The summed E-state index contributed by atoms with van der Waals surface area (Å²) in [5, 5.41) is 3.93. The van der Waals surface area contributed by atoms with E-state index in [-0.39, 0.29) is 11.0 Å². The average Bonchev–Trinajstić information content (AvgIpc) is 2.59. The lowest BCUT2D eigenvalue weighted by Crippen LogP contribution is -2.32. The van der Waals surface area contributed by atoms with Crippen LogP contribution in [-0.2, 0) is 22.4 Å². The maximum absolute atomic E-state index is 10.8. The van der Waals surface area contributed by atoms with Crippen LogP contribution >= 0.6 is 0 Å². The fourth-order valence-corrected chi connectivity index (χ4v) is 1.76. The maximum Gasteiger partial charge on any atom is 0.231 e. The maximum atomic E-state index is 10.8. The lowest BCUT2D eigenvalue weighted by Gasteiger charge is -2.22. The molecule has 0 radical (unpaired) electrons. The van der Waals surface area contributed by atoms with Gasteiger partial charge in [0.05, 0.1) is 12.7 Å². The number of aromatic nitrogens is 2. The van der Waals surface area contributed by atoms with Crippen LogP contribution in [0, 0.1) is 0 Å². The number of rotatable bonds is 2. The van der Waals surface area contributed by atoms with Crippen LogP contribution in [0.25, 0.3) is 0 Å². The van der Waals surface area contributed by atoms with Crippen molar-refractivity contribution >= 4 is 11.1 Å². The molecule has 6 nitrogen and oxygen atoms in total. The van der Waals surface area contributed by atoms with Gasteiger partial charge in [-0.15, -0.1) is 0 Å². The van der Waals surface area contributed by atoms with Crippen LogP contribution in [0.3, 0.4) is 0 Å². The van der Waals surface area contributed by atoms with Gasteiger partial charge in [-0.05, 0) is 0 Å². The Morgan fingerprint density at radius 3 is 3.29 bits per heavy atom. The van der Waals surface area contributed by atoms with Gasteiger partial charge in [-0.3, -0.25) is 0 Å². The van der Waals surface area contributed by atoms with E-state index in [0.29, 0.717) is 19.0 Å².